The number of rotatable bonds is 7. The van der Waals surface area contributed by atoms with E-state index in [2.05, 4.69) is 5.32 Å². The molecule has 2 aromatic carbocycles. The Kier molecular flexibility index (Phi) is 6.64. The van der Waals surface area contributed by atoms with Gasteiger partial charge in [-0.1, -0.05) is 73.5 Å². The highest BCUT2D eigenvalue weighted by Gasteiger charge is 2.33. The van der Waals surface area contributed by atoms with Crippen molar-refractivity contribution < 1.29 is 14.3 Å². The number of hydrogen-bond donors (Lipinski definition) is 1. The van der Waals surface area contributed by atoms with Crippen LogP contribution in [0.4, 0.5) is 0 Å². The van der Waals surface area contributed by atoms with Crippen molar-refractivity contribution in [2.45, 2.75) is 44.1 Å². The minimum absolute atomic E-state index is 0.0748. The lowest BCUT2D eigenvalue weighted by Gasteiger charge is -2.27. The van der Waals surface area contributed by atoms with Crippen LogP contribution in [0.3, 0.4) is 0 Å². The number of hydrogen-bond acceptors (Lipinski definition) is 3. The summed E-state index contributed by atoms with van der Waals surface area (Å²) in [6.07, 6.45) is 5.04. The van der Waals surface area contributed by atoms with Crippen LogP contribution in [0.5, 0.6) is 0 Å². The predicted octanol–water partition coefficient (Wildman–Crippen LogP) is 4.06. The van der Waals surface area contributed by atoms with Gasteiger partial charge < -0.3 is 10.1 Å². The molecule has 0 radical (unpaired) electrons. The summed E-state index contributed by atoms with van der Waals surface area (Å²) in [7, 11) is 1.37. The summed E-state index contributed by atoms with van der Waals surface area (Å²) in [4.78, 5) is 25.3. The van der Waals surface area contributed by atoms with Crippen molar-refractivity contribution in [3.8, 4) is 0 Å². The number of esters is 1. The van der Waals surface area contributed by atoms with Crippen LogP contribution in [-0.4, -0.2) is 25.0 Å². The Labute approximate surface area is 160 Å². The first-order valence-corrected chi connectivity index (χ1v) is 9.66. The van der Waals surface area contributed by atoms with E-state index in [0.29, 0.717) is 12.3 Å². The number of nitrogens with one attached hydrogen (secondary N) is 1. The lowest BCUT2D eigenvalue weighted by Crippen LogP contribution is -2.46. The maximum Gasteiger partial charge on any atom is 0.329 e. The van der Waals surface area contributed by atoms with Gasteiger partial charge in [0.1, 0.15) is 6.04 Å². The number of amides is 1. The van der Waals surface area contributed by atoms with Crippen LogP contribution in [0.1, 0.15) is 49.1 Å². The average molecular weight is 365 g/mol. The van der Waals surface area contributed by atoms with Crippen LogP contribution >= 0.6 is 0 Å². The zero-order valence-electron chi connectivity index (χ0n) is 15.8. The third-order valence-electron chi connectivity index (χ3n) is 5.37. The van der Waals surface area contributed by atoms with Crippen LogP contribution < -0.4 is 5.32 Å². The Morgan fingerprint density at radius 1 is 0.963 bits per heavy atom. The van der Waals surface area contributed by atoms with Gasteiger partial charge in [-0.15, -0.1) is 0 Å². The molecule has 0 saturated heterocycles. The summed E-state index contributed by atoms with van der Waals surface area (Å²) in [5.74, 6) is -0.371. The molecule has 4 heteroatoms. The standard InChI is InChI=1S/C23H27NO3/c1-27-23(26)22(24-20(25)16-17-10-8-9-11-17)21(18-12-4-2-5-13-18)19-14-6-3-7-15-19/h2-7,12-15,17,21-22H,8-11,16H2,1H3,(H,24,25)/t22-/m1/s1. The first kappa shape index (κ1) is 19.2. The largest absolute Gasteiger partial charge is 0.467 e. The molecule has 1 aliphatic carbocycles. The lowest BCUT2D eigenvalue weighted by molar-refractivity contribution is -0.145. The highest BCUT2D eigenvalue weighted by Crippen LogP contribution is 2.30. The van der Waals surface area contributed by atoms with Crippen molar-refractivity contribution in [2.24, 2.45) is 5.92 Å². The summed E-state index contributed by atoms with van der Waals surface area (Å²) in [6, 6.07) is 18.8. The number of carbonyl (C=O) groups excluding carboxylic acids is 2. The van der Waals surface area contributed by atoms with Gasteiger partial charge in [0.2, 0.25) is 5.91 Å². The minimum atomic E-state index is -0.756. The van der Waals surface area contributed by atoms with E-state index in [1.165, 1.54) is 20.0 Å². The molecule has 1 aliphatic rings. The van der Waals surface area contributed by atoms with Gasteiger partial charge in [0, 0.05) is 12.3 Å². The molecule has 1 N–H and O–H groups in total. The smallest absolute Gasteiger partial charge is 0.329 e. The van der Waals surface area contributed by atoms with Crippen molar-refractivity contribution in [1.29, 1.82) is 0 Å². The average Bonchev–Trinajstić information content (AvgIpc) is 3.21. The molecule has 4 nitrogen and oxygen atoms in total. The monoisotopic (exact) mass is 365 g/mol. The molecule has 0 bridgehead atoms. The highest BCUT2D eigenvalue weighted by molar-refractivity contribution is 5.86. The van der Waals surface area contributed by atoms with E-state index in [9.17, 15) is 9.59 Å². The number of ether oxygens (including phenoxy) is 1. The first-order valence-electron chi connectivity index (χ1n) is 9.66. The van der Waals surface area contributed by atoms with E-state index in [-0.39, 0.29) is 11.8 Å². The molecule has 1 atom stereocenters. The van der Waals surface area contributed by atoms with E-state index in [1.54, 1.807) is 0 Å². The van der Waals surface area contributed by atoms with Crippen LogP contribution in [0, 0.1) is 5.92 Å². The summed E-state index contributed by atoms with van der Waals surface area (Å²) < 4.78 is 5.05. The van der Waals surface area contributed by atoms with Crippen LogP contribution in [-0.2, 0) is 14.3 Å². The first-order chi connectivity index (χ1) is 13.2. The van der Waals surface area contributed by atoms with E-state index in [0.717, 1.165) is 24.0 Å². The summed E-state index contributed by atoms with van der Waals surface area (Å²) in [5.41, 5.74) is 1.94. The molecule has 0 unspecified atom stereocenters. The summed E-state index contributed by atoms with van der Waals surface area (Å²) in [6.45, 7) is 0. The van der Waals surface area contributed by atoms with Gasteiger partial charge in [0.15, 0.2) is 0 Å². The van der Waals surface area contributed by atoms with E-state index < -0.39 is 12.0 Å². The highest BCUT2D eigenvalue weighted by atomic mass is 16.5. The molecule has 0 heterocycles. The Hall–Kier alpha value is -2.62. The second-order valence-corrected chi connectivity index (χ2v) is 7.22. The lowest BCUT2D eigenvalue weighted by atomic mass is 9.84. The Balaban J connectivity index is 1.88. The quantitative estimate of drug-likeness (QED) is 0.753. The van der Waals surface area contributed by atoms with E-state index >= 15 is 0 Å². The van der Waals surface area contributed by atoms with Gasteiger partial charge in [-0.25, -0.2) is 4.79 Å². The van der Waals surface area contributed by atoms with E-state index in [1.807, 2.05) is 60.7 Å². The van der Waals surface area contributed by atoms with Gasteiger partial charge in [-0.3, -0.25) is 4.79 Å². The molecular weight excluding hydrogens is 338 g/mol. The van der Waals surface area contributed by atoms with Gasteiger partial charge in [0.05, 0.1) is 7.11 Å². The minimum Gasteiger partial charge on any atom is -0.467 e. The molecule has 0 spiro atoms. The van der Waals surface area contributed by atoms with Crippen molar-refractivity contribution in [2.75, 3.05) is 7.11 Å². The summed E-state index contributed by atoms with van der Waals surface area (Å²) >= 11 is 0. The van der Waals surface area contributed by atoms with E-state index in [4.69, 9.17) is 4.74 Å². The molecule has 1 saturated carbocycles. The van der Waals surface area contributed by atoms with Crippen molar-refractivity contribution in [1.82, 2.24) is 5.32 Å². The summed E-state index contributed by atoms with van der Waals surface area (Å²) in [5, 5.41) is 2.98. The van der Waals surface area contributed by atoms with Gasteiger partial charge in [-0.2, -0.15) is 0 Å². The Morgan fingerprint density at radius 2 is 1.48 bits per heavy atom. The third-order valence-corrected chi connectivity index (χ3v) is 5.37. The van der Waals surface area contributed by atoms with Crippen LogP contribution in [0.2, 0.25) is 0 Å². The molecular formula is C23H27NO3. The molecule has 3 rings (SSSR count). The van der Waals surface area contributed by atoms with Gasteiger partial charge >= 0.3 is 5.97 Å². The molecule has 0 aromatic heterocycles. The maximum atomic E-state index is 12.7. The maximum absolute atomic E-state index is 12.7. The molecule has 2 aromatic rings. The zero-order chi connectivity index (χ0) is 19.1. The van der Waals surface area contributed by atoms with Gasteiger partial charge in [0.25, 0.3) is 0 Å². The molecule has 142 valence electrons. The zero-order valence-corrected chi connectivity index (χ0v) is 15.8. The molecule has 0 aliphatic heterocycles. The SMILES string of the molecule is COC(=O)[C@H](NC(=O)CC1CCCC1)C(c1ccccc1)c1ccccc1. The number of benzene rings is 2. The fourth-order valence-electron chi connectivity index (χ4n) is 4.01. The van der Waals surface area contributed by atoms with Crippen LogP contribution in [0.15, 0.2) is 60.7 Å². The van der Waals surface area contributed by atoms with Crippen molar-refractivity contribution in [3.05, 3.63) is 71.8 Å². The normalized spacial score (nSPS) is 15.5. The molecule has 1 fully saturated rings. The van der Waals surface area contributed by atoms with Crippen LogP contribution in [0.25, 0.3) is 0 Å². The van der Waals surface area contributed by atoms with Crippen molar-refractivity contribution >= 4 is 11.9 Å². The molecule has 1 amide bonds. The second-order valence-electron chi connectivity index (χ2n) is 7.22. The topological polar surface area (TPSA) is 55.4 Å². The number of methoxy groups -OCH3 is 1. The Morgan fingerprint density at radius 3 is 1.96 bits per heavy atom. The van der Waals surface area contributed by atoms with Crippen molar-refractivity contribution in [3.63, 3.8) is 0 Å². The predicted molar refractivity (Wildman–Crippen MR) is 105 cm³/mol. The van der Waals surface area contributed by atoms with Gasteiger partial charge in [-0.05, 0) is 29.9 Å². The fourth-order valence-corrected chi connectivity index (χ4v) is 4.01. The fraction of sp³-hybridized carbons (Fsp3) is 0.391. The number of carbonyl (C=O) groups is 2. The Bertz CT molecular complexity index is 699. The third kappa shape index (κ3) is 4.97. The second kappa shape index (κ2) is 9.36. The molecule has 27 heavy (non-hydrogen) atoms.